The maximum absolute atomic E-state index is 13.2. The fourth-order valence-corrected chi connectivity index (χ4v) is 1.76. The minimum atomic E-state index is -0.288. The van der Waals surface area contributed by atoms with Crippen molar-refractivity contribution in [3.63, 3.8) is 0 Å². The zero-order valence-corrected chi connectivity index (χ0v) is 11.6. The van der Waals surface area contributed by atoms with Crippen LogP contribution < -0.4 is 4.74 Å². The van der Waals surface area contributed by atoms with Gasteiger partial charge in [-0.05, 0) is 44.2 Å². The smallest absolute Gasteiger partial charge is 0.320 e. The van der Waals surface area contributed by atoms with Gasteiger partial charge in [0.25, 0.3) is 0 Å². The number of benzene rings is 1. The van der Waals surface area contributed by atoms with Gasteiger partial charge in [-0.2, -0.15) is 0 Å². The van der Waals surface area contributed by atoms with Crippen molar-refractivity contribution in [2.24, 2.45) is 0 Å². The van der Waals surface area contributed by atoms with Gasteiger partial charge >= 0.3 is 5.97 Å². The zero-order valence-electron chi connectivity index (χ0n) is 11.6. The fourth-order valence-electron chi connectivity index (χ4n) is 1.76. The van der Waals surface area contributed by atoms with Crippen LogP contribution in [0.1, 0.15) is 12.5 Å². The van der Waals surface area contributed by atoms with Crippen molar-refractivity contribution in [2.45, 2.75) is 13.3 Å². The van der Waals surface area contributed by atoms with E-state index in [4.69, 9.17) is 9.47 Å². The van der Waals surface area contributed by atoms with Gasteiger partial charge in [-0.3, -0.25) is 9.69 Å². The zero-order chi connectivity index (χ0) is 14.3. The fraction of sp³-hybridized carbons (Fsp3) is 0.500. The van der Waals surface area contributed by atoms with Crippen LogP contribution in [0.5, 0.6) is 5.75 Å². The number of likely N-dealkylation sites (N-methyl/N-ethyl adjacent to an activating group) is 1. The number of esters is 1. The van der Waals surface area contributed by atoms with Crippen molar-refractivity contribution in [1.82, 2.24) is 4.90 Å². The monoisotopic (exact) mass is 269 g/mol. The summed E-state index contributed by atoms with van der Waals surface area (Å²) < 4.78 is 23.2. The number of hydrogen-bond acceptors (Lipinski definition) is 4. The number of carbonyl (C=O) groups is 1. The van der Waals surface area contributed by atoms with Crippen molar-refractivity contribution in [3.05, 3.63) is 29.6 Å². The summed E-state index contributed by atoms with van der Waals surface area (Å²) in [4.78, 5) is 13.1. The van der Waals surface area contributed by atoms with Crippen molar-refractivity contribution in [1.29, 1.82) is 0 Å². The van der Waals surface area contributed by atoms with Crippen molar-refractivity contribution in [2.75, 3.05) is 33.9 Å². The molecule has 1 aromatic rings. The van der Waals surface area contributed by atoms with E-state index < -0.39 is 0 Å². The van der Waals surface area contributed by atoms with E-state index in [1.54, 1.807) is 20.1 Å². The Bertz CT molecular complexity index is 423. The first-order chi connectivity index (χ1) is 9.06. The van der Waals surface area contributed by atoms with Gasteiger partial charge in [-0.1, -0.05) is 0 Å². The van der Waals surface area contributed by atoms with Gasteiger partial charge in [0, 0.05) is 6.54 Å². The van der Waals surface area contributed by atoms with E-state index in [1.165, 1.54) is 12.1 Å². The average Bonchev–Trinajstić information content (AvgIpc) is 2.36. The SMILES string of the molecule is CCOC(=O)CN(C)CCc1cc(F)ccc1OC. The van der Waals surface area contributed by atoms with Crippen molar-refractivity contribution in [3.8, 4) is 5.75 Å². The number of halogens is 1. The quantitative estimate of drug-likeness (QED) is 0.708. The highest BCUT2D eigenvalue weighted by Gasteiger charge is 2.09. The summed E-state index contributed by atoms with van der Waals surface area (Å²) in [6.07, 6.45) is 0.608. The van der Waals surface area contributed by atoms with E-state index in [9.17, 15) is 9.18 Å². The van der Waals surface area contributed by atoms with Gasteiger partial charge in [-0.25, -0.2) is 4.39 Å². The summed E-state index contributed by atoms with van der Waals surface area (Å²) in [5, 5.41) is 0. The summed E-state index contributed by atoms with van der Waals surface area (Å²) in [6, 6.07) is 4.43. The Morgan fingerprint density at radius 1 is 1.42 bits per heavy atom. The lowest BCUT2D eigenvalue weighted by atomic mass is 10.1. The molecule has 0 fully saturated rings. The number of nitrogens with zero attached hydrogens (tertiary/aromatic N) is 1. The van der Waals surface area contributed by atoms with Crippen LogP contribution in [0.25, 0.3) is 0 Å². The van der Waals surface area contributed by atoms with Crippen LogP contribution in [-0.2, 0) is 16.0 Å². The molecule has 0 N–H and O–H groups in total. The Morgan fingerprint density at radius 3 is 2.79 bits per heavy atom. The van der Waals surface area contributed by atoms with Crippen LogP contribution in [-0.4, -0.2) is 44.7 Å². The molecule has 4 nitrogen and oxygen atoms in total. The second kappa shape index (κ2) is 7.74. The number of rotatable bonds is 7. The molecule has 5 heteroatoms. The standard InChI is InChI=1S/C14H20FNO3/c1-4-19-14(17)10-16(2)8-7-11-9-12(15)5-6-13(11)18-3/h5-6,9H,4,7-8,10H2,1-3H3. The van der Waals surface area contributed by atoms with E-state index in [0.29, 0.717) is 25.3 Å². The summed E-state index contributed by atoms with van der Waals surface area (Å²) in [5.41, 5.74) is 0.790. The Kier molecular flexibility index (Phi) is 6.29. The molecular formula is C14H20FNO3. The molecule has 0 aromatic heterocycles. The molecule has 0 spiro atoms. The molecule has 0 unspecified atom stereocenters. The van der Waals surface area contributed by atoms with Crippen LogP contribution in [0, 0.1) is 5.82 Å². The molecule has 0 amide bonds. The summed E-state index contributed by atoms with van der Waals surface area (Å²) >= 11 is 0. The van der Waals surface area contributed by atoms with Gasteiger partial charge in [0.15, 0.2) is 0 Å². The number of carbonyl (C=O) groups excluding carboxylic acids is 1. The first-order valence-electron chi connectivity index (χ1n) is 6.23. The van der Waals surface area contributed by atoms with Gasteiger partial charge < -0.3 is 9.47 Å². The minimum absolute atomic E-state index is 0.228. The van der Waals surface area contributed by atoms with E-state index in [2.05, 4.69) is 0 Å². The van der Waals surface area contributed by atoms with Crippen molar-refractivity contribution < 1.29 is 18.7 Å². The molecule has 0 saturated heterocycles. The van der Waals surface area contributed by atoms with E-state index in [-0.39, 0.29) is 18.3 Å². The number of ether oxygens (including phenoxy) is 2. The Morgan fingerprint density at radius 2 is 2.16 bits per heavy atom. The highest BCUT2D eigenvalue weighted by Crippen LogP contribution is 2.19. The normalized spacial score (nSPS) is 10.6. The average molecular weight is 269 g/mol. The lowest BCUT2D eigenvalue weighted by Gasteiger charge is -2.16. The molecular weight excluding hydrogens is 249 g/mol. The largest absolute Gasteiger partial charge is 0.496 e. The molecule has 0 radical (unpaired) electrons. The second-order valence-corrected chi connectivity index (χ2v) is 4.25. The van der Waals surface area contributed by atoms with Gasteiger partial charge in [0.1, 0.15) is 11.6 Å². The highest BCUT2D eigenvalue weighted by atomic mass is 19.1. The van der Waals surface area contributed by atoms with Crippen LogP contribution in [0.3, 0.4) is 0 Å². The predicted molar refractivity (Wildman–Crippen MR) is 70.8 cm³/mol. The van der Waals surface area contributed by atoms with E-state index >= 15 is 0 Å². The molecule has 106 valence electrons. The van der Waals surface area contributed by atoms with E-state index in [1.807, 2.05) is 11.9 Å². The molecule has 0 atom stereocenters. The molecule has 0 aliphatic rings. The molecule has 0 saturated carbocycles. The van der Waals surface area contributed by atoms with Crippen LogP contribution in [0.2, 0.25) is 0 Å². The van der Waals surface area contributed by atoms with Gasteiger partial charge in [-0.15, -0.1) is 0 Å². The number of methoxy groups -OCH3 is 1. The summed E-state index contributed by atoms with van der Waals surface area (Å²) in [5.74, 6) is 0.117. The van der Waals surface area contributed by atoms with Crippen molar-refractivity contribution >= 4 is 5.97 Å². The third-order valence-electron chi connectivity index (χ3n) is 2.71. The topological polar surface area (TPSA) is 38.8 Å². The molecule has 1 aromatic carbocycles. The Balaban J connectivity index is 2.52. The maximum Gasteiger partial charge on any atom is 0.320 e. The first-order valence-corrected chi connectivity index (χ1v) is 6.23. The lowest BCUT2D eigenvalue weighted by Crippen LogP contribution is -2.29. The van der Waals surface area contributed by atoms with Crippen LogP contribution in [0.15, 0.2) is 18.2 Å². The minimum Gasteiger partial charge on any atom is -0.496 e. The van der Waals surface area contributed by atoms with E-state index in [0.717, 1.165) is 5.56 Å². The molecule has 0 aliphatic carbocycles. The number of hydrogen-bond donors (Lipinski definition) is 0. The molecule has 0 bridgehead atoms. The molecule has 19 heavy (non-hydrogen) atoms. The Labute approximate surface area is 113 Å². The van der Waals surface area contributed by atoms with Crippen LogP contribution >= 0.6 is 0 Å². The molecule has 1 rings (SSSR count). The Hall–Kier alpha value is -1.62. The lowest BCUT2D eigenvalue weighted by molar-refractivity contribution is -0.144. The summed E-state index contributed by atoms with van der Waals surface area (Å²) in [7, 11) is 3.38. The first kappa shape index (κ1) is 15.4. The third kappa shape index (κ3) is 5.26. The second-order valence-electron chi connectivity index (χ2n) is 4.25. The molecule has 0 heterocycles. The van der Waals surface area contributed by atoms with Crippen LogP contribution in [0.4, 0.5) is 4.39 Å². The van der Waals surface area contributed by atoms with Gasteiger partial charge in [0.2, 0.25) is 0 Å². The van der Waals surface area contributed by atoms with Gasteiger partial charge in [0.05, 0.1) is 20.3 Å². The third-order valence-corrected chi connectivity index (χ3v) is 2.71. The maximum atomic E-state index is 13.2. The summed E-state index contributed by atoms with van der Waals surface area (Å²) in [6.45, 7) is 3.00. The predicted octanol–water partition coefficient (Wildman–Crippen LogP) is 1.87. The highest BCUT2D eigenvalue weighted by molar-refractivity contribution is 5.71. The molecule has 0 aliphatic heterocycles.